The molecule has 1 amide bonds. The molecule has 1 atom stereocenters. The number of benzene rings is 1. The second kappa shape index (κ2) is 8.98. The molecule has 7 nitrogen and oxygen atoms in total. The van der Waals surface area contributed by atoms with E-state index >= 15 is 0 Å². The van der Waals surface area contributed by atoms with E-state index in [4.69, 9.17) is 9.47 Å². The van der Waals surface area contributed by atoms with Crippen molar-refractivity contribution in [3.05, 3.63) is 66.4 Å². The maximum atomic E-state index is 12.7. The minimum absolute atomic E-state index is 0.183. The smallest absolute Gasteiger partial charge is 0.253 e. The molecule has 0 saturated heterocycles. The molecule has 0 bridgehead atoms. The monoisotopic (exact) mass is 406 g/mol. The van der Waals surface area contributed by atoms with Crippen molar-refractivity contribution in [3.8, 4) is 17.3 Å². The highest BCUT2D eigenvalue weighted by Crippen LogP contribution is 2.33. The van der Waals surface area contributed by atoms with Crippen LogP contribution < -0.4 is 14.8 Å². The number of carbonyl (C=O) groups is 1. The van der Waals surface area contributed by atoms with Crippen LogP contribution in [-0.2, 0) is 0 Å². The first-order valence-corrected chi connectivity index (χ1v) is 10.2. The second-order valence-corrected chi connectivity index (χ2v) is 7.50. The molecule has 2 heterocycles. The summed E-state index contributed by atoms with van der Waals surface area (Å²) in [5.74, 6) is 1.97. The summed E-state index contributed by atoms with van der Waals surface area (Å²) < 4.78 is 13.4. The maximum Gasteiger partial charge on any atom is 0.253 e. The lowest BCUT2D eigenvalue weighted by Crippen LogP contribution is -2.26. The Bertz CT molecular complexity index is 980. The number of carbonyl (C=O) groups excluding carboxylic acids is 1. The standard InChI is InChI=1S/C23H26N4O3/c1-16(17-7-9-20(21(13-17)29-2)30-19-5-3-4-6-19)26-23(28)18-8-10-22(25-14-18)27-12-11-24-15-27/h7-16,19H,3-6H2,1-2H3,(H,26,28). The molecule has 0 aliphatic heterocycles. The lowest BCUT2D eigenvalue weighted by Gasteiger charge is -2.19. The first-order valence-electron chi connectivity index (χ1n) is 10.2. The number of ether oxygens (including phenoxy) is 2. The molecule has 2 aromatic heterocycles. The summed E-state index contributed by atoms with van der Waals surface area (Å²) in [5.41, 5.74) is 1.45. The molecule has 1 aliphatic rings. The average molecular weight is 406 g/mol. The van der Waals surface area contributed by atoms with Crippen LogP contribution in [0.2, 0.25) is 0 Å². The molecule has 156 valence electrons. The molecule has 1 N–H and O–H groups in total. The van der Waals surface area contributed by atoms with E-state index in [1.807, 2.05) is 25.1 Å². The number of nitrogens with zero attached hydrogens (tertiary/aromatic N) is 3. The third-order valence-electron chi connectivity index (χ3n) is 5.41. The fourth-order valence-electron chi connectivity index (χ4n) is 3.67. The minimum Gasteiger partial charge on any atom is -0.493 e. The van der Waals surface area contributed by atoms with E-state index in [0.29, 0.717) is 17.1 Å². The molecule has 1 aromatic carbocycles. The number of nitrogens with one attached hydrogen (secondary N) is 1. The number of methoxy groups -OCH3 is 1. The summed E-state index contributed by atoms with van der Waals surface area (Å²) in [6.45, 7) is 1.94. The van der Waals surface area contributed by atoms with Crippen molar-refractivity contribution in [2.24, 2.45) is 0 Å². The van der Waals surface area contributed by atoms with Crippen molar-refractivity contribution >= 4 is 5.91 Å². The van der Waals surface area contributed by atoms with Crippen LogP contribution in [0.25, 0.3) is 5.82 Å². The maximum absolute atomic E-state index is 12.7. The van der Waals surface area contributed by atoms with Gasteiger partial charge in [0.05, 0.1) is 24.8 Å². The van der Waals surface area contributed by atoms with Gasteiger partial charge in [-0.25, -0.2) is 9.97 Å². The second-order valence-electron chi connectivity index (χ2n) is 7.50. The van der Waals surface area contributed by atoms with Crippen molar-refractivity contribution < 1.29 is 14.3 Å². The number of rotatable bonds is 7. The van der Waals surface area contributed by atoms with Gasteiger partial charge in [-0.3, -0.25) is 9.36 Å². The number of amides is 1. The van der Waals surface area contributed by atoms with Gasteiger partial charge in [0.15, 0.2) is 11.5 Å². The predicted molar refractivity (Wildman–Crippen MR) is 113 cm³/mol. The Kier molecular flexibility index (Phi) is 5.97. The van der Waals surface area contributed by atoms with Gasteiger partial charge < -0.3 is 14.8 Å². The fourth-order valence-corrected chi connectivity index (χ4v) is 3.67. The van der Waals surface area contributed by atoms with Crippen molar-refractivity contribution in [3.63, 3.8) is 0 Å². The Labute approximate surface area is 176 Å². The van der Waals surface area contributed by atoms with Crippen LogP contribution in [0, 0.1) is 0 Å². The van der Waals surface area contributed by atoms with E-state index in [9.17, 15) is 4.79 Å². The minimum atomic E-state index is -0.194. The summed E-state index contributed by atoms with van der Waals surface area (Å²) in [4.78, 5) is 21.0. The Balaban J connectivity index is 1.42. The van der Waals surface area contributed by atoms with E-state index in [2.05, 4.69) is 15.3 Å². The molecule has 7 heteroatoms. The average Bonchev–Trinajstić information content (AvgIpc) is 3.48. The van der Waals surface area contributed by atoms with Crippen LogP contribution in [0.4, 0.5) is 0 Å². The largest absolute Gasteiger partial charge is 0.493 e. The van der Waals surface area contributed by atoms with Gasteiger partial charge in [0.2, 0.25) is 0 Å². The first kappa shape index (κ1) is 19.9. The van der Waals surface area contributed by atoms with Crippen LogP contribution in [0.3, 0.4) is 0 Å². The molecular formula is C23H26N4O3. The van der Waals surface area contributed by atoms with Gasteiger partial charge in [0, 0.05) is 18.6 Å². The van der Waals surface area contributed by atoms with E-state index in [1.165, 1.54) is 12.8 Å². The molecular weight excluding hydrogens is 380 g/mol. The van der Waals surface area contributed by atoms with Gasteiger partial charge in [0.1, 0.15) is 12.1 Å². The Morgan fingerprint density at radius 3 is 2.70 bits per heavy atom. The molecule has 3 aromatic rings. The molecule has 30 heavy (non-hydrogen) atoms. The highest BCUT2D eigenvalue weighted by atomic mass is 16.5. The first-order chi connectivity index (χ1) is 14.6. The van der Waals surface area contributed by atoms with Gasteiger partial charge >= 0.3 is 0 Å². The number of pyridine rings is 1. The summed E-state index contributed by atoms with van der Waals surface area (Å²) in [7, 11) is 1.64. The topological polar surface area (TPSA) is 78.3 Å². The SMILES string of the molecule is COc1cc(C(C)NC(=O)c2ccc(-n3ccnc3)nc2)ccc1OC1CCCC1. The Morgan fingerprint density at radius 2 is 2.03 bits per heavy atom. The van der Waals surface area contributed by atoms with Crippen molar-refractivity contribution in [1.82, 2.24) is 19.9 Å². The van der Waals surface area contributed by atoms with Gasteiger partial charge in [-0.1, -0.05) is 6.07 Å². The zero-order chi connectivity index (χ0) is 20.9. The van der Waals surface area contributed by atoms with E-state index < -0.39 is 0 Å². The fraction of sp³-hybridized carbons (Fsp3) is 0.348. The van der Waals surface area contributed by atoms with Crippen molar-refractivity contribution in [2.45, 2.75) is 44.8 Å². The highest BCUT2D eigenvalue weighted by molar-refractivity contribution is 5.94. The third-order valence-corrected chi connectivity index (χ3v) is 5.41. The van der Waals surface area contributed by atoms with Crippen LogP contribution in [0.15, 0.2) is 55.2 Å². The summed E-state index contributed by atoms with van der Waals surface area (Å²) >= 11 is 0. The Hall–Kier alpha value is -3.35. The number of hydrogen-bond acceptors (Lipinski definition) is 5. The zero-order valence-electron chi connectivity index (χ0n) is 17.2. The summed E-state index contributed by atoms with van der Waals surface area (Å²) in [6.07, 6.45) is 11.6. The van der Waals surface area contributed by atoms with E-state index in [-0.39, 0.29) is 18.1 Å². The van der Waals surface area contributed by atoms with Crippen molar-refractivity contribution in [1.29, 1.82) is 0 Å². The van der Waals surface area contributed by atoms with Crippen LogP contribution >= 0.6 is 0 Å². The zero-order valence-corrected chi connectivity index (χ0v) is 17.2. The molecule has 0 spiro atoms. The van der Waals surface area contributed by atoms with Crippen molar-refractivity contribution in [2.75, 3.05) is 7.11 Å². The highest BCUT2D eigenvalue weighted by Gasteiger charge is 2.20. The van der Waals surface area contributed by atoms with Crippen LogP contribution in [0.1, 0.15) is 54.6 Å². The van der Waals surface area contributed by atoms with Crippen LogP contribution in [0.5, 0.6) is 11.5 Å². The van der Waals surface area contributed by atoms with E-state index in [1.54, 1.807) is 48.7 Å². The number of hydrogen-bond donors (Lipinski definition) is 1. The molecule has 4 rings (SSSR count). The Morgan fingerprint density at radius 1 is 1.20 bits per heavy atom. The van der Waals surface area contributed by atoms with Gasteiger partial charge in [-0.2, -0.15) is 0 Å². The quantitative estimate of drug-likeness (QED) is 0.639. The normalized spacial score (nSPS) is 15.0. The molecule has 1 fully saturated rings. The third kappa shape index (κ3) is 4.45. The van der Waals surface area contributed by atoms with Gasteiger partial charge in [-0.05, 0) is 62.4 Å². The summed E-state index contributed by atoms with van der Waals surface area (Å²) in [5, 5.41) is 3.02. The number of imidazole rings is 1. The summed E-state index contributed by atoms with van der Waals surface area (Å²) in [6, 6.07) is 9.17. The van der Waals surface area contributed by atoms with E-state index in [0.717, 1.165) is 24.2 Å². The molecule has 1 aliphatic carbocycles. The van der Waals surface area contributed by atoms with Crippen LogP contribution in [-0.4, -0.2) is 33.7 Å². The molecule has 0 radical (unpaired) electrons. The molecule has 1 saturated carbocycles. The lowest BCUT2D eigenvalue weighted by molar-refractivity contribution is 0.0939. The lowest BCUT2D eigenvalue weighted by atomic mass is 10.1. The molecule has 1 unspecified atom stereocenters. The van der Waals surface area contributed by atoms with Gasteiger partial charge in [0.25, 0.3) is 5.91 Å². The predicted octanol–water partition coefficient (Wildman–Crippen LogP) is 4.09. The number of aromatic nitrogens is 3. The van der Waals surface area contributed by atoms with Gasteiger partial charge in [-0.15, -0.1) is 0 Å².